The molecule has 1 fully saturated rings. The van der Waals surface area contributed by atoms with Gasteiger partial charge in [-0.15, -0.1) is 0 Å². The van der Waals surface area contributed by atoms with Gasteiger partial charge in [0, 0.05) is 32.4 Å². The van der Waals surface area contributed by atoms with Crippen LogP contribution in [0.4, 0.5) is 5.82 Å². The van der Waals surface area contributed by atoms with Gasteiger partial charge in [-0.05, 0) is 25.0 Å². The summed E-state index contributed by atoms with van der Waals surface area (Å²) in [6.07, 6.45) is 3.00. The van der Waals surface area contributed by atoms with Crippen LogP contribution >= 0.6 is 11.6 Å². The zero-order chi connectivity index (χ0) is 12.3. The van der Waals surface area contributed by atoms with Gasteiger partial charge in [-0.25, -0.2) is 4.98 Å². The molecule has 17 heavy (non-hydrogen) atoms. The van der Waals surface area contributed by atoms with Gasteiger partial charge >= 0.3 is 0 Å². The van der Waals surface area contributed by atoms with E-state index in [0.29, 0.717) is 11.6 Å². The highest BCUT2D eigenvalue weighted by Crippen LogP contribution is 2.25. The first-order valence-corrected chi connectivity index (χ1v) is 6.29. The van der Waals surface area contributed by atoms with Crippen LogP contribution in [0.1, 0.15) is 18.9 Å². The summed E-state index contributed by atoms with van der Waals surface area (Å²) in [7, 11) is 0. The van der Waals surface area contributed by atoms with E-state index in [9.17, 15) is 0 Å². The maximum Gasteiger partial charge on any atom is 0.147 e. The van der Waals surface area contributed by atoms with Gasteiger partial charge in [0.15, 0.2) is 0 Å². The molecular formula is C12H18ClN3O. The number of aromatic nitrogens is 1. The van der Waals surface area contributed by atoms with Gasteiger partial charge in [0.25, 0.3) is 0 Å². The molecule has 0 saturated carbocycles. The fourth-order valence-electron chi connectivity index (χ4n) is 2.00. The Hall–Kier alpha value is -0.840. The Kier molecular flexibility index (Phi) is 4.20. The van der Waals surface area contributed by atoms with Crippen LogP contribution in [-0.2, 0) is 11.3 Å². The van der Waals surface area contributed by atoms with Crippen LogP contribution in [0.2, 0.25) is 5.02 Å². The molecule has 0 radical (unpaired) electrons. The van der Waals surface area contributed by atoms with Crippen molar-refractivity contribution in [1.29, 1.82) is 0 Å². The van der Waals surface area contributed by atoms with E-state index < -0.39 is 0 Å². The largest absolute Gasteiger partial charge is 0.377 e. The van der Waals surface area contributed by atoms with Crippen molar-refractivity contribution < 1.29 is 4.74 Å². The Morgan fingerprint density at radius 3 is 3.18 bits per heavy atom. The van der Waals surface area contributed by atoms with Crippen LogP contribution in [0.15, 0.2) is 12.3 Å². The second kappa shape index (κ2) is 5.67. The fourth-order valence-corrected chi connectivity index (χ4v) is 2.31. The number of nitrogens with zero attached hydrogens (tertiary/aromatic N) is 2. The molecule has 0 aliphatic carbocycles. The molecule has 1 aromatic heterocycles. The summed E-state index contributed by atoms with van der Waals surface area (Å²) in [4.78, 5) is 6.59. The van der Waals surface area contributed by atoms with Gasteiger partial charge < -0.3 is 15.4 Å². The molecule has 0 amide bonds. The van der Waals surface area contributed by atoms with E-state index in [1.807, 2.05) is 6.07 Å². The number of halogens is 1. The molecule has 0 aromatic carbocycles. The van der Waals surface area contributed by atoms with Crippen molar-refractivity contribution in [1.82, 2.24) is 4.98 Å². The number of hydrogen-bond donors (Lipinski definition) is 1. The highest BCUT2D eigenvalue weighted by molar-refractivity contribution is 6.33. The summed E-state index contributed by atoms with van der Waals surface area (Å²) in [5.41, 5.74) is 6.52. The Morgan fingerprint density at radius 2 is 2.47 bits per heavy atom. The molecule has 0 spiro atoms. The molecule has 0 bridgehead atoms. The molecule has 1 aliphatic heterocycles. The third-order valence-corrected chi connectivity index (χ3v) is 3.14. The van der Waals surface area contributed by atoms with Gasteiger partial charge in [-0.3, -0.25) is 0 Å². The van der Waals surface area contributed by atoms with Crippen LogP contribution in [0.3, 0.4) is 0 Å². The molecule has 2 N–H and O–H groups in total. The van der Waals surface area contributed by atoms with Crippen molar-refractivity contribution in [3.63, 3.8) is 0 Å². The highest BCUT2D eigenvalue weighted by Gasteiger charge is 2.18. The third kappa shape index (κ3) is 3.09. The van der Waals surface area contributed by atoms with E-state index in [4.69, 9.17) is 22.1 Å². The fraction of sp³-hybridized carbons (Fsp3) is 0.583. The van der Waals surface area contributed by atoms with E-state index >= 15 is 0 Å². The molecule has 1 aromatic rings. The van der Waals surface area contributed by atoms with Gasteiger partial charge in [0.1, 0.15) is 5.82 Å². The Labute approximate surface area is 107 Å². The van der Waals surface area contributed by atoms with Crippen LogP contribution in [0.5, 0.6) is 0 Å². The second-order valence-electron chi connectivity index (χ2n) is 4.33. The summed E-state index contributed by atoms with van der Waals surface area (Å²) in [5, 5.41) is 0.669. The Balaban J connectivity index is 2.20. The monoisotopic (exact) mass is 255 g/mol. The van der Waals surface area contributed by atoms with Crippen molar-refractivity contribution in [3.8, 4) is 0 Å². The SMILES string of the molecule is CC1CN(c2ncc(CN)cc2Cl)CCCO1. The van der Waals surface area contributed by atoms with E-state index in [1.54, 1.807) is 6.20 Å². The molecule has 1 unspecified atom stereocenters. The van der Waals surface area contributed by atoms with E-state index in [2.05, 4.69) is 16.8 Å². The average Bonchev–Trinajstić information content (AvgIpc) is 2.53. The summed E-state index contributed by atoms with van der Waals surface area (Å²) in [5.74, 6) is 0.834. The third-order valence-electron chi connectivity index (χ3n) is 2.87. The van der Waals surface area contributed by atoms with Gasteiger partial charge in [-0.2, -0.15) is 0 Å². The van der Waals surface area contributed by atoms with Crippen molar-refractivity contribution in [2.24, 2.45) is 5.73 Å². The topological polar surface area (TPSA) is 51.4 Å². The summed E-state index contributed by atoms with van der Waals surface area (Å²) in [6, 6.07) is 1.89. The zero-order valence-corrected chi connectivity index (χ0v) is 10.8. The van der Waals surface area contributed by atoms with E-state index in [0.717, 1.165) is 37.5 Å². The molecule has 1 atom stereocenters. The second-order valence-corrected chi connectivity index (χ2v) is 4.74. The standard InChI is InChI=1S/C12H18ClN3O/c1-9-8-16(3-2-4-17-9)12-11(13)5-10(6-14)7-15-12/h5,7,9H,2-4,6,8,14H2,1H3. The Bertz CT molecular complexity index is 386. The molecule has 2 heterocycles. The first kappa shape index (κ1) is 12.6. The maximum atomic E-state index is 6.24. The smallest absolute Gasteiger partial charge is 0.147 e. The number of hydrogen-bond acceptors (Lipinski definition) is 4. The minimum Gasteiger partial charge on any atom is -0.377 e. The van der Waals surface area contributed by atoms with Crippen molar-refractivity contribution in [2.75, 3.05) is 24.6 Å². The lowest BCUT2D eigenvalue weighted by atomic mass is 10.2. The Morgan fingerprint density at radius 1 is 1.65 bits per heavy atom. The first-order valence-electron chi connectivity index (χ1n) is 5.91. The highest BCUT2D eigenvalue weighted by atomic mass is 35.5. The summed E-state index contributed by atoms with van der Waals surface area (Å²) >= 11 is 6.24. The predicted octanol–water partition coefficient (Wildman–Crippen LogP) is 1.81. The number of ether oxygens (including phenoxy) is 1. The minimum atomic E-state index is 0.213. The molecule has 2 rings (SSSR count). The lowest BCUT2D eigenvalue weighted by Gasteiger charge is -2.24. The van der Waals surface area contributed by atoms with Crippen LogP contribution in [0, 0.1) is 0 Å². The summed E-state index contributed by atoms with van der Waals surface area (Å²) < 4.78 is 5.61. The molecule has 94 valence electrons. The van der Waals surface area contributed by atoms with Gasteiger partial charge in [0.2, 0.25) is 0 Å². The summed E-state index contributed by atoms with van der Waals surface area (Å²) in [6.45, 7) is 5.09. The number of pyridine rings is 1. The van der Waals surface area contributed by atoms with Crippen molar-refractivity contribution in [3.05, 3.63) is 22.8 Å². The number of nitrogens with two attached hydrogens (primary N) is 1. The van der Waals surface area contributed by atoms with Gasteiger partial charge in [0.05, 0.1) is 11.1 Å². The number of anilines is 1. The molecule has 5 heteroatoms. The zero-order valence-electron chi connectivity index (χ0n) is 10.0. The lowest BCUT2D eigenvalue weighted by Crippen LogP contribution is -2.31. The molecular weight excluding hydrogens is 238 g/mol. The normalized spacial score (nSPS) is 21.4. The van der Waals surface area contributed by atoms with Crippen LogP contribution < -0.4 is 10.6 Å². The number of rotatable bonds is 2. The van der Waals surface area contributed by atoms with E-state index in [1.165, 1.54) is 0 Å². The first-order chi connectivity index (χ1) is 8.20. The van der Waals surface area contributed by atoms with Gasteiger partial charge in [-0.1, -0.05) is 11.6 Å². The maximum absolute atomic E-state index is 6.24. The van der Waals surface area contributed by atoms with Crippen LogP contribution in [0.25, 0.3) is 0 Å². The van der Waals surface area contributed by atoms with E-state index in [-0.39, 0.29) is 6.10 Å². The molecule has 4 nitrogen and oxygen atoms in total. The lowest BCUT2D eigenvalue weighted by molar-refractivity contribution is 0.0820. The minimum absolute atomic E-state index is 0.213. The van der Waals surface area contributed by atoms with Crippen LogP contribution in [-0.4, -0.2) is 30.8 Å². The van der Waals surface area contributed by atoms with Crippen molar-refractivity contribution in [2.45, 2.75) is 26.0 Å². The average molecular weight is 256 g/mol. The predicted molar refractivity (Wildman–Crippen MR) is 69.4 cm³/mol. The molecule has 1 saturated heterocycles. The quantitative estimate of drug-likeness (QED) is 0.876. The van der Waals surface area contributed by atoms with Crippen molar-refractivity contribution >= 4 is 17.4 Å². The molecule has 1 aliphatic rings.